The Morgan fingerprint density at radius 3 is 2.37 bits per heavy atom. The zero-order valence-electron chi connectivity index (χ0n) is 15.9. The van der Waals surface area contributed by atoms with E-state index in [1.807, 2.05) is 0 Å². The van der Waals surface area contributed by atoms with E-state index >= 15 is 0 Å². The lowest BCUT2D eigenvalue weighted by atomic mass is 10.1. The van der Waals surface area contributed by atoms with Gasteiger partial charge in [-0.1, -0.05) is 0 Å². The maximum Gasteiger partial charge on any atom is 0.312 e. The van der Waals surface area contributed by atoms with Crippen LogP contribution in [-0.4, -0.2) is 48.5 Å². The number of methoxy groups -OCH3 is 3. The summed E-state index contributed by atoms with van der Waals surface area (Å²) in [6, 6.07) is 3.18. The number of aryl methyl sites for hydroxylation is 1. The summed E-state index contributed by atoms with van der Waals surface area (Å²) in [5.41, 5.74) is 1.05. The van der Waals surface area contributed by atoms with Crippen LogP contribution in [0.2, 0.25) is 0 Å². The third-order valence-corrected chi connectivity index (χ3v) is 4.08. The molecule has 0 aliphatic rings. The van der Waals surface area contributed by atoms with Crippen molar-refractivity contribution in [1.82, 2.24) is 15.1 Å². The summed E-state index contributed by atoms with van der Waals surface area (Å²) in [4.78, 5) is 23.1. The van der Waals surface area contributed by atoms with E-state index in [2.05, 4.69) is 10.4 Å². The molecule has 0 atom stereocenters. The normalized spacial score (nSPS) is 10.4. The van der Waals surface area contributed by atoms with Crippen LogP contribution in [0, 0.1) is 24.0 Å². The molecule has 10 heteroatoms. The number of carbonyl (C=O) groups is 1. The van der Waals surface area contributed by atoms with Crippen molar-refractivity contribution in [3.05, 3.63) is 39.2 Å². The molecule has 0 aliphatic heterocycles. The van der Waals surface area contributed by atoms with Gasteiger partial charge in [-0.05, 0) is 26.0 Å². The molecule has 1 N–H and O–H groups in total. The smallest absolute Gasteiger partial charge is 0.312 e. The summed E-state index contributed by atoms with van der Waals surface area (Å²) in [7, 11) is 4.38. The molecule has 0 fully saturated rings. The van der Waals surface area contributed by atoms with Crippen molar-refractivity contribution in [2.24, 2.45) is 0 Å². The predicted octanol–water partition coefficient (Wildman–Crippen LogP) is 1.86. The van der Waals surface area contributed by atoms with Crippen LogP contribution in [0.15, 0.2) is 12.1 Å². The number of ether oxygens (including phenoxy) is 3. The summed E-state index contributed by atoms with van der Waals surface area (Å²) < 4.78 is 17.3. The molecular weight excluding hydrogens is 356 g/mol. The molecule has 0 bridgehead atoms. The highest BCUT2D eigenvalue weighted by atomic mass is 16.6. The van der Waals surface area contributed by atoms with Crippen molar-refractivity contribution < 1.29 is 23.9 Å². The van der Waals surface area contributed by atoms with Crippen LogP contribution in [0.25, 0.3) is 0 Å². The number of nitro groups is 1. The number of hydrogen-bond acceptors (Lipinski definition) is 7. The SMILES string of the molecule is COc1ccc(C(=O)NCCn2nc(C)c([N+](=O)[O-])c2C)c(OC)c1OC. The van der Waals surface area contributed by atoms with E-state index < -0.39 is 4.92 Å². The molecule has 146 valence electrons. The molecular formula is C17H22N4O6. The lowest BCUT2D eigenvalue weighted by Crippen LogP contribution is -2.28. The average molecular weight is 378 g/mol. The monoisotopic (exact) mass is 378 g/mol. The molecule has 1 aromatic carbocycles. The second kappa shape index (κ2) is 8.39. The lowest BCUT2D eigenvalue weighted by molar-refractivity contribution is -0.386. The van der Waals surface area contributed by atoms with E-state index in [0.717, 1.165) is 0 Å². The number of aromatic nitrogens is 2. The van der Waals surface area contributed by atoms with Crippen molar-refractivity contribution >= 4 is 11.6 Å². The summed E-state index contributed by atoms with van der Waals surface area (Å²) in [5.74, 6) is 0.655. The molecule has 1 heterocycles. The number of amides is 1. The van der Waals surface area contributed by atoms with E-state index in [1.54, 1.807) is 26.0 Å². The first kappa shape index (κ1) is 20.0. The zero-order chi connectivity index (χ0) is 20.1. The maximum atomic E-state index is 12.5. The van der Waals surface area contributed by atoms with Crippen LogP contribution in [0.3, 0.4) is 0 Å². The summed E-state index contributed by atoms with van der Waals surface area (Å²) >= 11 is 0. The Labute approximate surface area is 156 Å². The molecule has 0 radical (unpaired) electrons. The summed E-state index contributed by atoms with van der Waals surface area (Å²) in [6.45, 7) is 3.73. The third kappa shape index (κ3) is 3.94. The fourth-order valence-electron chi connectivity index (χ4n) is 2.82. The molecule has 2 aromatic rings. The Morgan fingerprint density at radius 1 is 1.19 bits per heavy atom. The molecule has 0 spiro atoms. The number of nitrogens with zero attached hydrogens (tertiary/aromatic N) is 3. The maximum absolute atomic E-state index is 12.5. The molecule has 0 aliphatic carbocycles. The second-order valence-electron chi connectivity index (χ2n) is 5.64. The van der Waals surface area contributed by atoms with Gasteiger partial charge < -0.3 is 19.5 Å². The molecule has 0 saturated heterocycles. The van der Waals surface area contributed by atoms with Crippen LogP contribution in [0.5, 0.6) is 17.2 Å². The molecule has 10 nitrogen and oxygen atoms in total. The molecule has 0 saturated carbocycles. The number of carbonyl (C=O) groups excluding carboxylic acids is 1. The van der Waals surface area contributed by atoms with E-state index in [1.165, 1.54) is 26.0 Å². The van der Waals surface area contributed by atoms with Crippen molar-refractivity contribution in [1.29, 1.82) is 0 Å². The Bertz CT molecular complexity index is 862. The fraction of sp³-hybridized carbons (Fsp3) is 0.412. The standard InChI is InChI=1S/C17H22N4O6/c1-10-14(21(23)24)11(2)20(19-10)9-8-18-17(22)12-6-7-13(25-3)16(27-5)15(12)26-4/h6-7H,8-9H2,1-5H3,(H,18,22). The highest BCUT2D eigenvalue weighted by Crippen LogP contribution is 2.39. The quantitative estimate of drug-likeness (QED) is 0.550. The van der Waals surface area contributed by atoms with E-state index in [0.29, 0.717) is 29.4 Å². The van der Waals surface area contributed by atoms with Crippen LogP contribution in [0.4, 0.5) is 5.69 Å². The second-order valence-corrected chi connectivity index (χ2v) is 5.64. The highest BCUT2D eigenvalue weighted by molar-refractivity contribution is 5.98. The van der Waals surface area contributed by atoms with Crippen LogP contribution < -0.4 is 19.5 Å². The van der Waals surface area contributed by atoms with Gasteiger partial charge in [0.2, 0.25) is 5.75 Å². The lowest BCUT2D eigenvalue weighted by Gasteiger charge is -2.15. The largest absolute Gasteiger partial charge is 0.493 e. The van der Waals surface area contributed by atoms with Gasteiger partial charge >= 0.3 is 5.69 Å². The minimum absolute atomic E-state index is 0.0112. The van der Waals surface area contributed by atoms with Crippen LogP contribution >= 0.6 is 0 Å². The van der Waals surface area contributed by atoms with E-state index in [9.17, 15) is 14.9 Å². The average Bonchev–Trinajstić information content (AvgIpc) is 2.93. The Morgan fingerprint density at radius 2 is 1.85 bits per heavy atom. The van der Waals surface area contributed by atoms with Crippen molar-refractivity contribution in [3.8, 4) is 17.2 Å². The first-order chi connectivity index (χ1) is 12.8. The Kier molecular flexibility index (Phi) is 6.22. The summed E-state index contributed by atoms with van der Waals surface area (Å²) in [5, 5.41) is 18.0. The van der Waals surface area contributed by atoms with Gasteiger partial charge in [0, 0.05) is 6.54 Å². The van der Waals surface area contributed by atoms with Gasteiger partial charge in [0.15, 0.2) is 11.5 Å². The van der Waals surface area contributed by atoms with E-state index in [4.69, 9.17) is 14.2 Å². The van der Waals surface area contributed by atoms with Gasteiger partial charge in [-0.15, -0.1) is 0 Å². The van der Waals surface area contributed by atoms with Crippen LogP contribution in [-0.2, 0) is 6.54 Å². The number of rotatable bonds is 8. The Balaban J connectivity index is 2.13. The zero-order valence-corrected chi connectivity index (χ0v) is 15.9. The van der Waals surface area contributed by atoms with Gasteiger partial charge in [0.25, 0.3) is 5.91 Å². The molecule has 27 heavy (non-hydrogen) atoms. The predicted molar refractivity (Wildman–Crippen MR) is 96.8 cm³/mol. The Hall–Kier alpha value is -3.30. The van der Waals surface area contributed by atoms with Gasteiger partial charge in [-0.25, -0.2) is 0 Å². The molecule has 2 rings (SSSR count). The van der Waals surface area contributed by atoms with Crippen molar-refractivity contribution in [2.45, 2.75) is 20.4 Å². The number of benzene rings is 1. The minimum Gasteiger partial charge on any atom is -0.493 e. The minimum atomic E-state index is -0.457. The van der Waals surface area contributed by atoms with Crippen molar-refractivity contribution in [3.63, 3.8) is 0 Å². The van der Waals surface area contributed by atoms with Gasteiger partial charge in [0.05, 0.1) is 38.4 Å². The topological polar surface area (TPSA) is 118 Å². The van der Waals surface area contributed by atoms with E-state index in [-0.39, 0.29) is 29.5 Å². The molecule has 1 amide bonds. The first-order valence-electron chi connectivity index (χ1n) is 8.11. The fourth-order valence-corrected chi connectivity index (χ4v) is 2.82. The number of nitrogens with one attached hydrogen (secondary N) is 1. The van der Waals surface area contributed by atoms with Crippen molar-refractivity contribution in [2.75, 3.05) is 27.9 Å². The van der Waals surface area contributed by atoms with Crippen LogP contribution in [0.1, 0.15) is 21.7 Å². The summed E-state index contributed by atoms with van der Waals surface area (Å²) in [6.07, 6.45) is 0. The van der Waals surface area contributed by atoms with Gasteiger partial charge in [-0.2, -0.15) is 5.10 Å². The highest BCUT2D eigenvalue weighted by Gasteiger charge is 2.23. The van der Waals surface area contributed by atoms with Gasteiger partial charge in [-0.3, -0.25) is 19.6 Å². The molecule has 0 unspecified atom stereocenters. The first-order valence-corrected chi connectivity index (χ1v) is 8.11. The van der Waals surface area contributed by atoms with Gasteiger partial charge in [0.1, 0.15) is 11.4 Å². The number of hydrogen-bond donors (Lipinski definition) is 1. The third-order valence-electron chi connectivity index (χ3n) is 4.08. The molecule has 1 aromatic heterocycles.